The van der Waals surface area contributed by atoms with Crippen molar-refractivity contribution in [3.05, 3.63) is 17.7 Å². The van der Waals surface area contributed by atoms with Crippen LogP contribution in [-0.4, -0.2) is 21.2 Å². The van der Waals surface area contributed by atoms with E-state index in [1.807, 2.05) is 6.20 Å². The van der Waals surface area contributed by atoms with Crippen molar-refractivity contribution in [2.45, 2.75) is 38.3 Å². The van der Waals surface area contributed by atoms with Crippen molar-refractivity contribution in [3.8, 4) is 0 Å². The average molecular weight is 195 g/mol. The number of aliphatic hydroxyl groups excluding tert-OH is 1. The second-order valence-electron chi connectivity index (χ2n) is 3.83. The van der Waals surface area contributed by atoms with E-state index in [-0.39, 0.29) is 0 Å². The first kappa shape index (κ1) is 9.68. The molecule has 0 saturated heterocycles. The molecule has 0 spiro atoms. The Hall–Kier alpha value is -0.870. The Morgan fingerprint density at radius 2 is 2.43 bits per heavy atom. The Bertz CT molecular complexity index is 285. The van der Waals surface area contributed by atoms with Gasteiger partial charge in [0.15, 0.2) is 0 Å². The molecule has 3 N–H and O–H groups in total. The van der Waals surface area contributed by atoms with Gasteiger partial charge in [-0.1, -0.05) is 0 Å². The molecule has 1 aromatic rings. The molecule has 4 nitrogen and oxygen atoms in total. The quantitative estimate of drug-likeness (QED) is 0.742. The Kier molecular flexibility index (Phi) is 2.84. The van der Waals surface area contributed by atoms with Crippen LogP contribution in [0, 0.1) is 0 Å². The summed E-state index contributed by atoms with van der Waals surface area (Å²) in [5.74, 6) is 1.11. The van der Waals surface area contributed by atoms with Crippen molar-refractivity contribution in [1.82, 2.24) is 9.55 Å². The molecule has 0 unspecified atom stereocenters. The highest BCUT2D eigenvalue weighted by molar-refractivity contribution is 5.08. The fraction of sp³-hybridized carbons (Fsp3) is 0.700. The number of fused-ring (bicyclic) bond motifs is 1. The van der Waals surface area contributed by atoms with E-state index in [0.717, 1.165) is 24.5 Å². The van der Waals surface area contributed by atoms with E-state index in [2.05, 4.69) is 9.55 Å². The second kappa shape index (κ2) is 4.11. The van der Waals surface area contributed by atoms with Crippen LogP contribution < -0.4 is 5.73 Å². The number of nitrogens with zero attached hydrogens (tertiary/aromatic N) is 2. The molecule has 0 amide bonds. The van der Waals surface area contributed by atoms with Crippen LogP contribution in [0.3, 0.4) is 0 Å². The van der Waals surface area contributed by atoms with E-state index < -0.39 is 6.10 Å². The van der Waals surface area contributed by atoms with Gasteiger partial charge < -0.3 is 15.4 Å². The first-order valence-corrected chi connectivity index (χ1v) is 5.25. The first-order chi connectivity index (χ1) is 6.81. The average Bonchev–Trinajstić information content (AvgIpc) is 2.61. The van der Waals surface area contributed by atoms with E-state index in [1.54, 1.807) is 0 Å². The third kappa shape index (κ3) is 1.81. The molecule has 2 heterocycles. The molecule has 1 aromatic heterocycles. The summed E-state index contributed by atoms with van der Waals surface area (Å²) < 4.78 is 2.15. The van der Waals surface area contributed by atoms with E-state index in [4.69, 9.17) is 5.73 Å². The molecule has 0 radical (unpaired) electrons. The maximum atomic E-state index is 9.71. The van der Waals surface area contributed by atoms with Gasteiger partial charge in [0.1, 0.15) is 5.82 Å². The minimum Gasteiger partial charge on any atom is -0.387 e. The Morgan fingerprint density at radius 1 is 1.57 bits per heavy atom. The van der Waals surface area contributed by atoms with Gasteiger partial charge >= 0.3 is 0 Å². The molecule has 1 aliphatic heterocycles. The molecule has 78 valence electrons. The van der Waals surface area contributed by atoms with Crippen molar-refractivity contribution >= 4 is 0 Å². The van der Waals surface area contributed by atoms with Crippen LogP contribution in [0.2, 0.25) is 0 Å². The zero-order valence-electron chi connectivity index (χ0n) is 8.32. The summed E-state index contributed by atoms with van der Waals surface area (Å²) in [5.41, 5.74) is 6.18. The second-order valence-corrected chi connectivity index (χ2v) is 3.83. The molecule has 0 aromatic carbocycles. The van der Waals surface area contributed by atoms with Gasteiger partial charge in [-0.05, 0) is 25.8 Å². The van der Waals surface area contributed by atoms with Crippen molar-refractivity contribution in [2.75, 3.05) is 6.54 Å². The molecule has 0 fully saturated rings. The third-order valence-corrected chi connectivity index (χ3v) is 2.71. The van der Waals surface area contributed by atoms with Crippen molar-refractivity contribution in [3.63, 3.8) is 0 Å². The summed E-state index contributed by atoms with van der Waals surface area (Å²) in [6, 6.07) is 0. The van der Waals surface area contributed by atoms with Gasteiger partial charge in [-0.15, -0.1) is 0 Å². The van der Waals surface area contributed by atoms with E-state index in [9.17, 15) is 5.11 Å². The number of aliphatic hydroxyl groups is 1. The minimum atomic E-state index is -0.488. The summed E-state index contributed by atoms with van der Waals surface area (Å²) in [6.07, 6.45) is 5.54. The molecule has 1 atom stereocenters. The number of imidazole rings is 1. The summed E-state index contributed by atoms with van der Waals surface area (Å²) in [5, 5.41) is 9.71. The maximum absolute atomic E-state index is 9.71. The Morgan fingerprint density at radius 3 is 3.14 bits per heavy atom. The predicted octanol–water partition coefficient (Wildman–Crippen LogP) is 0.602. The van der Waals surface area contributed by atoms with Crippen LogP contribution in [0.15, 0.2) is 6.20 Å². The van der Waals surface area contributed by atoms with Gasteiger partial charge in [0.05, 0.1) is 11.8 Å². The van der Waals surface area contributed by atoms with Crippen molar-refractivity contribution in [1.29, 1.82) is 0 Å². The number of aromatic nitrogens is 2. The molecule has 2 rings (SSSR count). The van der Waals surface area contributed by atoms with Crippen LogP contribution >= 0.6 is 0 Å². The van der Waals surface area contributed by atoms with Crippen LogP contribution in [0.25, 0.3) is 0 Å². The smallest absolute Gasteiger partial charge is 0.109 e. The lowest BCUT2D eigenvalue weighted by molar-refractivity contribution is 0.166. The van der Waals surface area contributed by atoms with Crippen molar-refractivity contribution < 1.29 is 5.11 Å². The molecule has 4 heteroatoms. The lowest BCUT2D eigenvalue weighted by atomic mass is 10.2. The van der Waals surface area contributed by atoms with Gasteiger partial charge in [-0.25, -0.2) is 4.98 Å². The fourth-order valence-corrected chi connectivity index (χ4v) is 1.90. The lowest BCUT2D eigenvalue weighted by Gasteiger charge is -2.11. The van der Waals surface area contributed by atoms with Gasteiger partial charge in [0, 0.05) is 19.2 Å². The normalized spacial score (nSPS) is 17.9. The summed E-state index contributed by atoms with van der Waals surface area (Å²) in [6.45, 7) is 1.54. The van der Waals surface area contributed by atoms with Gasteiger partial charge in [-0.3, -0.25) is 0 Å². The van der Waals surface area contributed by atoms with Crippen LogP contribution in [0.4, 0.5) is 0 Å². The fourth-order valence-electron chi connectivity index (χ4n) is 1.90. The lowest BCUT2D eigenvalue weighted by Crippen LogP contribution is -2.08. The number of rotatable bonds is 3. The van der Waals surface area contributed by atoms with Crippen LogP contribution in [0.1, 0.15) is 36.9 Å². The molecular weight excluding hydrogens is 178 g/mol. The van der Waals surface area contributed by atoms with Gasteiger partial charge in [-0.2, -0.15) is 0 Å². The molecule has 0 aliphatic carbocycles. The SMILES string of the molecule is NCC[C@H](O)c1cn2c(n1)CCCC2. The molecule has 1 aliphatic rings. The van der Waals surface area contributed by atoms with E-state index in [1.165, 1.54) is 12.8 Å². The highest BCUT2D eigenvalue weighted by atomic mass is 16.3. The van der Waals surface area contributed by atoms with Gasteiger partial charge in [0.2, 0.25) is 0 Å². The number of hydrogen-bond acceptors (Lipinski definition) is 3. The number of aryl methyl sites for hydroxylation is 2. The largest absolute Gasteiger partial charge is 0.387 e. The highest BCUT2D eigenvalue weighted by Crippen LogP contribution is 2.19. The van der Waals surface area contributed by atoms with Gasteiger partial charge in [0.25, 0.3) is 0 Å². The van der Waals surface area contributed by atoms with E-state index >= 15 is 0 Å². The maximum Gasteiger partial charge on any atom is 0.109 e. The standard InChI is InChI=1S/C10H17N3O/c11-5-4-9(14)8-7-13-6-2-1-3-10(13)12-8/h7,9,14H,1-6,11H2/t9-/m0/s1. The summed E-state index contributed by atoms with van der Waals surface area (Å²) in [4.78, 5) is 4.43. The molecular formula is C10H17N3O. The Labute approximate surface area is 83.8 Å². The molecule has 0 bridgehead atoms. The summed E-state index contributed by atoms with van der Waals surface area (Å²) >= 11 is 0. The summed E-state index contributed by atoms with van der Waals surface area (Å²) in [7, 11) is 0. The molecule has 0 saturated carbocycles. The number of nitrogens with two attached hydrogens (primary N) is 1. The Balaban J connectivity index is 2.15. The number of hydrogen-bond donors (Lipinski definition) is 2. The predicted molar refractivity (Wildman–Crippen MR) is 53.8 cm³/mol. The zero-order valence-corrected chi connectivity index (χ0v) is 8.32. The van der Waals surface area contributed by atoms with Crippen LogP contribution in [0.5, 0.6) is 0 Å². The first-order valence-electron chi connectivity index (χ1n) is 5.25. The highest BCUT2D eigenvalue weighted by Gasteiger charge is 2.16. The molecule has 14 heavy (non-hydrogen) atoms. The zero-order chi connectivity index (χ0) is 9.97. The van der Waals surface area contributed by atoms with E-state index in [0.29, 0.717) is 13.0 Å². The van der Waals surface area contributed by atoms with Crippen LogP contribution in [-0.2, 0) is 13.0 Å². The monoisotopic (exact) mass is 195 g/mol. The third-order valence-electron chi connectivity index (χ3n) is 2.71. The minimum absolute atomic E-state index is 0.488. The topological polar surface area (TPSA) is 64.1 Å². The van der Waals surface area contributed by atoms with Crippen molar-refractivity contribution in [2.24, 2.45) is 5.73 Å².